The lowest BCUT2D eigenvalue weighted by Gasteiger charge is -2.40. The molecule has 2 unspecified atom stereocenters. The number of likely N-dealkylation sites (tertiary alicyclic amines) is 1. The summed E-state index contributed by atoms with van der Waals surface area (Å²) in [6.07, 6.45) is 1.43. The number of urea groups is 1. The highest BCUT2D eigenvalue weighted by Crippen LogP contribution is 2.25. The molecule has 110 valence electrons. The van der Waals surface area contributed by atoms with Gasteiger partial charge in [0.2, 0.25) is 0 Å². The topological polar surface area (TPSA) is 60.9 Å². The number of rotatable bonds is 2. The first-order chi connectivity index (χ1) is 8.64. The first-order valence-corrected chi connectivity index (χ1v) is 6.89. The van der Waals surface area contributed by atoms with E-state index in [1.807, 2.05) is 6.92 Å². The molecule has 19 heavy (non-hydrogen) atoms. The van der Waals surface area contributed by atoms with E-state index in [1.165, 1.54) is 0 Å². The van der Waals surface area contributed by atoms with Crippen LogP contribution in [0, 0.1) is 11.3 Å². The van der Waals surface area contributed by atoms with Crippen LogP contribution >= 0.6 is 0 Å². The molecule has 0 aliphatic carbocycles. The molecule has 0 aromatic carbocycles. The zero-order valence-electron chi connectivity index (χ0n) is 12.6. The Morgan fingerprint density at radius 3 is 2.42 bits per heavy atom. The second kappa shape index (κ2) is 5.80. The number of carbonyl (C=O) groups excluding carboxylic acids is 1. The van der Waals surface area contributed by atoms with Crippen LogP contribution in [0.1, 0.15) is 40.5 Å². The molecule has 0 radical (unpaired) electrons. The summed E-state index contributed by atoms with van der Waals surface area (Å²) >= 11 is 0. The minimum atomic E-state index is -0.802. The average Bonchev–Trinajstić information content (AvgIpc) is 2.35. The fourth-order valence-electron chi connectivity index (χ4n) is 2.32. The normalized spacial score (nSPS) is 21.9. The smallest absolute Gasteiger partial charge is 0.320 e. The number of carbonyl (C=O) groups is 2. The Kier molecular flexibility index (Phi) is 4.82. The molecule has 5 nitrogen and oxygen atoms in total. The van der Waals surface area contributed by atoms with Crippen LogP contribution in [-0.2, 0) is 4.79 Å². The van der Waals surface area contributed by atoms with Crippen LogP contribution in [0.5, 0.6) is 0 Å². The number of carboxylic acids is 1. The van der Waals surface area contributed by atoms with E-state index in [-0.39, 0.29) is 17.5 Å². The van der Waals surface area contributed by atoms with Gasteiger partial charge < -0.3 is 14.9 Å². The maximum atomic E-state index is 12.4. The van der Waals surface area contributed by atoms with Gasteiger partial charge in [0.15, 0.2) is 0 Å². The molecule has 1 saturated heterocycles. The van der Waals surface area contributed by atoms with Crippen molar-refractivity contribution in [1.29, 1.82) is 0 Å². The minimum absolute atomic E-state index is 0.00635. The van der Waals surface area contributed by atoms with Crippen molar-refractivity contribution >= 4 is 12.0 Å². The first kappa shape index (κ1) is 15.8. The number of hydrogen-bond acceptors (Lipinski definition) is 2. The summed E-state index contributed by atoms with van der Waals surface area (Å²) in [5.74, 6) is -1.22. The van der Waals surface area contributed by atoms with Crippen LogP contribution in [0.2, 0.25) is 0 Å². The molecule has 1 aliphatic heterocycles. The van der Waals surface area contributed by atoms with Crippen LogP contribution in [0.15, 0.2) is 0 Å². The quantitative estimate of drug-likeness (QED) is 0.837. The highest BCUT2D eigenvalue weighted by atomic mass is 16.4. The Balaban J connectivity index is 2.69. The van der Waals surface area contributed by atoms with Gasteiger partial charge >= 0.3 is 12.0 Å². The third-order valence-corrected chi connectivity index (χ3v) is 4.18. The fraction of sp³-hybridized carbons (Fsp3) is 0.857. The summed E-state index contributed by atoms with van der Waals surface area (Å²) in [5.41, 5.74) is 0.00635. The predicted molar refractivity (Wildman–Crippen MR) is 74.0 cm³/mol. The largest absolute Gasteiger partial charge is 0.481 e. The molecular formula is C14H26N2O3. The van der Waals surface area contributed by atoms with Gasteiger partial charge in [-0.1, -0.05) is 20.8 Å². The van der Waals surface area contributed by atoms with Gasteiger partial charge in [-0.05, 0) is 25.2 Å². The Bertz CT molecular complexity index is 349. The first-order valence-electron chi connectivity index (χ1n) is 6.89. The molecule has 2 amide bonds. The predicted octanol–water partition coefficient (Wildman–Crippen LogP) is 2.27. The van der Waals surface area contributed by atoms with Gasteiger partial charge in [0, 0.05) is 26.2 Å². The zero-order chi connectivity index (χ0) is 14.8. The third-order valence-electron chi connectivity index (χ3n) is 4.18. The molecule has 5 heteroatoms. The highest BCUT2D eigenvalue weighted by Gasteiger charge is 2.33. The van der Waals surface area contributed by atoms with Gasteiger partial charge in [-0.25, -0.2) is 4.79 Å². The van der Waals surface area contributed by atoms with Crippen molar-refractivity contribution in [1.82, 2.24) is 9.80 Å². The standard InChI is InChI=1S/C14H26N2O3/c1-10(14(2,3)4)15(5)13(19)16-8-6-7-11(9-16)12(17)18/h10-11H,6-9H2,1-5H3,(H,17,18). The lowest BCUT2D eigenvalue weighted by atomic mass is 9.87. The number of carboxylic acid groups (broad SMARTS) is 1. The van der Waals surface area contributed by atoms with Gasteiger partial charge in [0.1, 0.15) is 0 Å². The highest BCUT2D eigenvalue weighted by molar-refractivity contribution is 5.76. The molecule has 0 spiro atoms. The lowest BCUT2D eigenvalue weighted by molar-refractivity contribution is -0.143. The molecule has 1 N–H and O–H groups in total. The van der Waals surface area contributed by atoms with Crippen molar-refractivity contribution in [2.45, 2.75) is 46.6 Å². The Hall–Kier alpha value is -1.26. The van der Waals surface area contributed by atoms with Gasteiger partial charge in [-0.2, -0.15) is 0 Å². The average molecular weight is 270 g/mol. The number of hydrogen-bond donors (Lipinski definition) is 1. The summed E-state index contributed by atoms with van der Waals surface area (Å²) < 4.78 is 0. The van der Waals surface area contributed by atoms with Crippen molar-refractivity contribution in [2.24, 2.45) is 11.3 Å². The second-order valence-corrected chi connectivity index (χ2v) is 6.56. The summed E-state index contributed by atoms with van der Waals surface area (Å²) in [7, 11) is 1.79. The van der Waals surface area contributed by atoms with Crippen LogP contribution in [0.3, 0.4) is 0 Å². The van der Waals surface area contributed by atoms with Crippen LogP contribution in [0.4, 0.5) is 4.79 Å². The monoisotopic (exact) mass is 270 g/mol. The third kappa shape index (κ3) is 3.85. The lowest BCUT2D eigenvalue weighted by Crippen LogP contribution is -2.52. The van der Waals surface area contributed by atoms with E-state index < -0.39 is 11.9 Å². The summed E-state index contributed by atoms with van der Waals surface area (Å²) in [5, 5.41) is 9.06. The SMILES string of the molecule is CC(N(C)C(=O)N1CCCC(C(=O)O)C1)C(C)(C)C. The van der Waals surface area contributed by atoms with Crippen molar-refractivity contribution in [3.8, 4) is 0 Å². The van der Waals surface area contributed by atoms with Crippen molar-refractivity contribution in [2.75, 3.05) is 20.1 Å². The summed E-state index contributed by atoms with van der Waals surface area (Å²) in [4.78, 5) is 26.8. The molecule has 1 aliphatic rings. The Morgan fingerprint density at radius 2 is 1.95 bits per heavy atom. The van der Waals surface area contributed by atoms with Crippen molar-refractivity contribution in [3.05, 3.63) is 0 Å². The van der Waals surface area contributed by atoms with E-state index in [9.17, 15) is 9.59 Å². The van der Waals surface area contributed by atoms with E-state index in [2.05, 4.69) is 20.8 Å². The van der Waals surface area contributed by atoms with Gasteiger partial charge in [0.05, 0.1) is 5.92 Å². The fourth-order valence-corrected chi connectivity index (χ4v) is 2.32. The van der Waals surface area contributed by atoms with Gasteiger partial charge in [0.25, 0.3) is 0 Å². The Labute approximate surface area is 115 Å². The van der Waals surface area contributed by atoms with E-state index in [0.717, 1.165) is 6.42 Å². The van der Waals surface area contributed by atoms with Gasteiger partial charge in [-0.3, -0.25) is 4.79 Å². The van der Waals surface area contributed by atoms with E-state index in [0.29, 0.717) is 19.5 Å². The Morgan fingerprint density at radius 1 is 1.37 bits per heavy atom. The second-order valence-electron chi connectivity index (χ2n) is 6.56. The van der Waals surface area contributed by atoms with Crippen LogP contribution in [0.25, 0.3) is 0 Å². The molecule has 1 rings (SSSR count). The zero-order valence-corrected chi connectivity index (χ0v) is 12.6. The van der Waals surface area contributed by atoms with Gasteiger partial charge in [-0.15, -0.1) is 0 Å². The van der Waals surface area contributed by atoms with Crippen LogP contribution < -0.4 is 0 Å². The molecule has 0 saturated carbocycles. The van der Waals surface area contributed by atoms with E-state index >= 15 is 0 Å². The molecule has 0 bridgehead atoms. The molecular weight excluding hydrogens is 244 g/mol. The maximum Gasteiger partial charge on any atom is 0.320 e. The van der Waals surface area contributed by atoms with E-state index in [4.69, 9.17) is 5.11 Å². The van der Waals surface area contributed by atoms with Crippen LogP contribution in [-0.4, -0.2) is 53.1 Å². The summed E-state index contributed by atoms with van der Waals surface area (Å²) in [6, 6.07) is 0.0404. The summed E-state index contributed by atoms with van der Waals surface area (Å²) in [6.45, 7) is 9.29. The molecule has 0 aromatic rings. The number of aliphatic carboxylic acids is 1. The number of nitrogens with zero attached hydrogens (tertiary/aromatic N) is 2. The number of amides is 2. The van der Waals surface area contributed by atoms with E-state index in [1.54, 1.807) is 16.8 Å². The minimum Gasteiger partial charge on any atom is -0.481 e. The van der Waals surface area contributed by atoms with Crippen molar-refractivity contribution < 1.29 is 14.7 Å². The molecule has 2 atom stereocenters. The number of piperidine rings is 1. The maximum absolute atomic E-state index is 12.4. The molecule has 1 heterocycles. The van der Waals surface area contributed by atoms with Crippen molar-refractivity contribution in [3.63, 3.8) is 0 Å². The molecule has 0 aromatic heterocycles. The molecule has 1 fully saturated rings.